The van der Waals surface area contributed by atoms with Crippen molar-refractivity contribution in [3.8, 4) is 37.0 Å². The van der Waals surface area contributed by atoms with Gasteiger partial charge in [-0.25, -0.2) is 4.79 Å². The van der Waals surface area contributed by atoms with Crippen LogP contribution >= 0.6 is 0 Å². The van der Waals surface area contributed by atoms with E-state index in [1.165, 1.54) is 0 Å². The fourth-order valence-electron chi connectivity index (χ4n) is 1.49. The molecular weight excluding hydrogens is 304 g/mol. The maximum atomic E-state index is 12.1. The Labute approximate surface area is 134 Å². The first kappa shape index (κ1) is 20.1. The molecule has 23 heavy (non-hydrogen) atoms. The van der Waals surface area contributed by atoms with Gasteiger partial charge in [0.05, 0.1) is 12.8 Å². The molecule has 0 bridgehead atoms. The van der Waals surface area contributed by atoms with Crippen LogP contribution in [0.5, 0.6) is 0 Å². The van der Waals surface area contributed by atoms with Gasteiger partial charge < -0.3 is 18.9 Å². The molecule has 0 amide bonds. The maximum Gasteiger partial charge on any atom is 0.340 e. The molecule has 0 N–H and O–H groups in total. The smallest absolute Gasteiger partial charge is 0.340 e. The topological polar surface area (TPSA) is 88.1 Å². The summed E-state index contributed by atoms with van der Waals surface area (Å²) in [6, 6.07) is 0. The summed E-state index contributed by atoms with van der Waals surface area (Å²) >= 11 is 0. The third-order valence-electron chi connectivity index (χ3n) is 2.54. The molecule has 0 spiro atoms. The summed E-state index contributed by atoms with van der Waals surface area (Å²) in [4.78, 5) is 35.6. The van der Waals surface area contributed by atoms with Gasteiger partial charge in [0.25, 0.3) is 0 Å². The first-order valence-corrected chi connectivity index (χ1v) is 6.29. The van der Waals surface area contributed by atoms with Crippen molar-refractivity contribution < 1.29 is 33.3 Å². The van der Waals surface area contributed by atoms with E-state index < -0.39 is 36.4 Å². The van der Waals surface area contributed by atoms with Crippen molar-refractivity contribution in [3.63, 3.8) is 0 Å². The number of hydrogen-bond acceptors (Lipinski definition) is 7. The zero-order chi connectivity index (χ0) is 17.7. The zero-order valence-corrected chi connectivity index (χ0v) is 12.6. The van der Waals surface area contributed by atoms with E-state index >= 15 is 0 Å². The van der Waals surface area contributed by atoms with E-state index in [4.69, 9.17) is 28.7 Å². The van der Waals surface area contributed by atoms with Crippen molar-refractivity contribution in [3.05, 3.63) is 0 Å². The predicted molar refractivity (Wildman–Crippen MR) is 78.4 cm³/mol. The molecule has 0 saturated heterocycles. The SMILES string of the molecule is C#CCOC(=O)CC(CC(=O)OCC#C)(OC)C(=O)OCC#C. The standard InChI is InChI=1S/C16H16O7/c1-5-8-21-13(17)11-16(20-4,15(19)23-10-7-3)12-14(18)22-9-6-2/h1-3H,8-12H2,4H3. The monoisotopic (exact) mass is 320 g/mol. The molecule has 0 rings (SSSR count). The lowest BCUT2D eigenvalue weighted by Crippen LogP contribution is -2.46. The average Bonchev–Trinajstić information content (AvgIpc) is 2.55. The molecule has 0 aromatic heterocycles. The van der Waals surface area contributed by atoms with Gasteiger partial charge in [0, 0.05) is 7.11 Å². The summed E-state index contributed by atoms with van der Waals surface area (Å²) in [7, 11) is 1.13. The summed E-state index contributed by atoms with van der Waals surface area (Å²) in [5.74, 6) is 3.56. The highest BCUT2D eigenvalue weighted by atomic mass is 16.6. The van der Waals surface area contributed by atoms with E-state index in [0.29, 0.717) is 0 Å². The number of ether oxygens (including phenoxy) is 4. The van der Waals surface area contributed by atoms with E-state index in [0.717, 1.165) is 7.11 Å². The molecule has 0 saturated carbocycles. The lowest BCUT2D eigenvalue weighted by Gasteiger charge is -2.27. The van der Waals surface area contributed by atoms with Gasteiger partial charge in [-0.2, -0.15) is 0 Å². The second-order valence-corrected chi connectivity index (χ2v) is 4.06. The average molecular weight is 320 g/mol. The molecular formula is C16H16O7. The molecule has 0 fully saturated rings. The highest BCUT2D eigenvalue weighted by Crippen LogP contribution is 2.24. The van der Waals surface area contributed by atoms with Gasteiger partial charge in [-0.3, -0.25) is 9.59 Å². The van der Waals surface area contributed by atoms with Crippen LogP contribution in [0.1, 0.15) is 12.8 Å². The Hall–Kier alpha value is -2.95. The van der Waals surface area contributed by atoms with Crippen molar-refractivity contribution in [1.29, 1.82) is 0 Å². The number of terminal acetylenes is 3. The second-order valence-electron chi connectivity index (χ2n) is 4.06. The molecule has 0 heterocycles. The van der Waals surface area contributed by atoms with Gasteiger partial charge in [-0.05, 0) is 0 Å². The number of hydrogen-bond donors (Lipinski definition) is 0. The van der Waals surface area contributed by atoms with Crippen LogP contribution in [0.3, 0.4) is 0 Å². The summed E-state index contributed by atoms with van der Waals surface area (Å²) < 4.78 is 19.2. The van der Waals surface area contributed by atoms with Gasteiger partial charge in [0.1, 0.15) is 0 Å². The predicted octanol–water partition coefficient (Wildman–Crippen LogP) is -0.319. The summed E-state index contributed by atoms with van der Waals surface area (Å²) in [6.45, 7) is -0.943. The molecule has 7 nitrogen and oxygen atoms in total. The highest BCUT2D eigenvalue weighted by Gasteiger charge is 2.45. The summed E-state index contributed by atoms with van der Waals surface area (Å²) in [5.41, 5.74) is -1.95. The first-order chi connectivity index (χ1) is 11.0. The minimum Gasteiger partial charge on any atom is -0.452 e. The largest absolute Gasteiger partial charge is 0.452 e. The van der Waals surface area contributed by atoms with Gasteiger partial charge in [-0.1, -0.05) is 17.8 Å². The van der Waals surface area contributed by atoms with Crippen LogP contribution in [0.4, 0.5) is 0 Å². The third kappa shape index (κ3) is 7.04. The number of carbonyl (C=O) groups is 3. The van der Waals surface area contributed by atoms with Gasteiger partial charge in [0.15, 0.2) is 25.4 Å². The fraction of sp³-hybridized carbons (Fsp3) is 0.438. The van der Waals surface area contributed by atoms with E-state index in [1.54, 1.807) is 0 Å². The van der Waals surface area contributed by atoms with Gasteiger partial charge >= 0.3 is 17.9 Å². The molecule has 122 valence electrons. The maximum absolute atomic E-state index is 12.1. The Morgan fingerprint density at radius 2 is 1.22 bits per heavy atom. The van der Waals surface area contributed by atoms with Gasteiger partial charge in [-0.15, -0.1) is 19.3 Å². The summed E-state index contributed by atoms with van der Waals surface area (Å²) in [6.07, 6.45) is 13.7. The molecule has 0 atom stereocenters. The Bertz CT molecular complexity index is 524. The minimum absolute atomic E-state index is 0.292. The zero-order valence-electron chi connectivity index (χ0n) is 12.6. The van der Waals surface area contributed by atoms with Crippen molar-refractivity contribution in [2.45, 2.75) is 18.4 Å². The van der Waals surface area contributed by atoms with Crippen molar-refractivity contribution in [2.75, 3.05) is 26.9 Å². The number of esters is 3. The van der Waals surface area contributed by atoms with E-state index in [1.807, 2.05) is 0 Å². The second kappa shape index (κ2) is 10.7. The van der Waals surface area contributed by atoms with Crippen LogP contribution in [0, 0.1) is 37.0 Å². The molecule has 0 aliphatic rings. The van der Waals surface area contributed by atoms with Crippen LogP contribution < -0.4 is 0 Å². The third-order valence-corrected chi connectivity index (χ3v) is 2.54. The van der Waals surface area contributed by atoms with Crippen LogP contribution in [0.2, 0.25) is 0 Å². The quantitative estimate of drug-likeness (QED) is 0.327. The van der Waals surface area contributed by atoms with E-state index in [2.05, 4.69) is 27.2 Å². The lowest BCUT2D eigenvalue weighted by molar-refractivity contribution is -0.180. The number of rotatable bonds is 9. The Morgan fingerprint density at radius 1 is 0.826 bits per heavy atom. The van der Waals surface area contributed by atoms with E-state index in [9.17, 15) is 14.4 Å². The highest BCUT2D eigenvalue weighted by molar-refractivity contribution is 5.90. The fourth-order valence-corrected chi connectivity index (χ4v) is 1.49. The van der Waals surface area contributed by atoms with Crippen LogP contribution in [-0.2, 0) is 33.3 Å². The Morgan fingerprint density at radius 3 is 1.57 bits per heavy atom. The van der Waals surface area contributed by atoms with Crippen LogP contribution in [0.15, 0.2) is 0 Å². The lowest BCUT2D eigenvalue weighted by atomic mass is 9.95. The normalized spacial score (nSPS) is 9.65. The molecule has 0 aromatic rings. The van der Waals surface area contributed by atoms with Crippen LogP contribution in [0.25, 0.3) is 0 Å². The summed E-state index contributed by atoms with van der Waals surface area (Å²) in [5, 5.41) is 0. The Balaban J connectivity index is 5.21. The number of carbonyl (C=O) groups excluding carboxylic acids is 3. The molecule has 0 unspecified atom stereocenters. The molecule has 0 radical (unpaired) electrons. The van der Waals surface area contributed by atoms with Gasteiger partial charge in [0.2, 0.25) is 0 Å². The first-order valence-electron chi connectivity index (χ1n) is 6.29. The van der Waals surface area contributed by atoms with Crippen LogP contribution in [-0.4, -0.2) is 50.4 Å². The van der Waals surface area contributed by atoms with E-state index in [-0.39, 0.29) is 19.8 Å². The molecule has 0 aliphatic carbocycles. The van der Waals surface area contributed by atoms with Crippen molar-refractivity contribution >= 4 is 17.9 Å². The molecule has 0 aromatic carbocycles. The Kier molecular flexibility index (Phi) is 9.35. The van der Waals surface area contributed by atoms with Crippen molar-refractivity contribution in [2.24, 2.45) is 0 Å². The minimum atomic E-state index is -1.95. The number of methoxy groups -OCH3 is 1. The molecule has 7 heteroatoms. The molecule has 0 aliphatic heterocycles. The van der Waals surface area contributed by atoms with Crippen molar-refractivity contribution in [1.82, 2.24) is 0 Å².